The fourth-order valence-corrected chi connectivity index (χ4v) is 2.53. The van der Waals surface area contributed by atoms with Crippen molar-refractivity contribution < 1.29 is 4.79 Å². The van der Waals surface area contributed by atoms with Gasteiger partial charge in [-0.25, -0.2) is 0 Å². The highest BCUT2D eigenvalue weighted by molar-refractivity contribution is 5.81. The molecular formula is C16H25N3O. The van der Waals surface area contributed by atoms with Crippen LogP contribution in [0.2, 0.25) is 0 Å². The van der Waals surface area contributed by atoms with Crippen LogP contribution in [-0.2, 0) is 11.3 Å². The molecule has 1 aliphatic heterocycles. The number of aromatic nitrogens is 1. The van der Waals surface area contributed by atoms with Crippen molar-refractivity contribution in [2.45, 2.75) is 46.2 Å². The number of hydrogen-bond acceptors (Lipinski definition) is 3. The van der Waals surface area contributed by atoms with E-state index in [1.54, 1.807) is 6.20 Å². The zero-order chi connectivity index (χ0) is 14.6. The minimum Gasteiger partial charge on any atom is -0.342 e. The maximum absolute atomic E-state index is 12.2. The molecule has 4 heteroatoms. The van der Waals surface area contributed by atoms with Crippen LogP contribution in [0.3, 0.4) is 0 Å². The molecule has 0 bridgehead atoms. The smallest absolute Gasteiger partial charge is 0.227 e. The standard InChI is InChI=1S/C16H25N3O/c1-16(2,3)15(20)19-9-6-14(7-10-19)18-12-13-5-4-8-17-11-13/h4-5,8,11,14,18H,6-7,9-10,12H2,1-3H3. The van der Waals surface area contributed by atoms with E-state index in [1.807, 2.05) is 37.9 Å². The summed E-state index contributed by atoms with van der Waals surface area (Å²) in [6.45, 7) is 8.54. The number of likely N-dealkylation sites (tertiary alicyclic amines) is 1. The quantitative estimate of drug-likeness (QED) is 0.920. The fraction of sp³-hybridized carbons (Fsp3) is 0.625. The number of hydrogen-bond donors (Lipinski definition) is 1. The summed E-state index contributed by atoms with van der Waals surface area (Å²) in [7, 11) is 0. The van der Waals surface area contributed by atoms with Gasteiger partial charge < -0.3 is 10.2 Å². The largest absolute Gasteiger partial charge is 0.342 e. The van der Waals surface area contributed by atoms with Crippen molar-refractivity contribution >= 4 is 5.91 Å². The monoisotopic (exact) mass is 275 g/mol. The molecule has 0 atom stereocenters. The normalized spacial score (nSPS) is 17.2. The number of amides is 1. The van der Waals surface area contributed by atoms with E-state index in [1.165, 1.54) is 5.56 Å². The van der Waals surface area contributed by atoms with Gasteiger partial charge in [-0.2, -0.15) is 0 Å². The Balaban J connectivity index is 1.76. The van der Waals surface area contributed by atoms with Gasteiger partial charge in [-0.3, -0.25) is 9.78 Å². The van der Waals surface area contributed by atoms with E-state index < -0.39 is 0 Å². The molecule has 110 valence electrons. The van der Waals surface area contributed by atoms with E-state index in [9.17, 15) is 4.79 Å². The van der Waals surface area contributed by atoms with Gasteiger partial charge in [0.1, 0.15) is 0 Å². The lowest BCUT2D eigenvalue weighted by molar-refractivity contribution is -0.140. The first kappa shape index (κ1) is 15.0. The minimum absolute atomic E-state index is 0.267. The van der Waals surface area contributed by atoms with Gasteiger partial charge in [0, 0.05) is 43.5 Å². The molecular weight excluding hydrogens is 250 g/mol. The summed E-state index contributed by atoms with van der Waals surface area (Å²) < 4.78 is 0. The number of carbonyl (C=O) groups is 1. The average Bonchev–Trinajstić information content (AvgIpc) is 2.45. The van der Waals surface area contributed by atoms with Crippen molar-refractivity contribution in [2.75, 3.05) is 13.1 Å². The Morgan fingerprint density at radius 3 is 2.65 bits per heavy atom. The molecule has 1 fully saturated rings. The zero-order valence-electron chi connectivity index (χ0n) is 12.7. The second kappa shape index (κ2) is 6.35. The van der Waals surface area contributed by atoms with Crippen molar-refractivity contribution in [1.29, 1.82) is 0 Å². The number of rotatable bonds is 3. The molecule has 1 N–H and O–H groups in total. The van der Waals surface area contributed by atoms with Gasteiger partial charge in [-0.15, -0.1) is 0 Å². The van der Waals surface area contributed by atoms with Crippen LogP contribution >= 0.6 is 0 Å². The van der Waals surface area contributed by atoms with Gasteiger partial charge in [-0.1, -0.05) is 26.8 Å². The predicted octanol–water partition coefficient (Wildman–Crippen LogP) is 2.21. The van der Waals surface area contributed by atoms with Gasteiger partial charge in [0.2, 0.25) is 5.91 Å². The Labute approximate surface area is 121 Å². The van der Waals surface area contributed by atoms with Crippen LogP contribution in [0.1, 0.15) is 39.2 Å². The van der Waals surface area contributed by atoms with Gasteiger partial charge in [0.15, 0.2) is 0 Å². The average molecular weight is 275 g/mol. The van der Waals surface area contributed by atoms with E-state index in [4.69, 9.17) is 0 Å². The zero-order valence-corrected chi connectivity index (χ0v) is 12.7. The number of carbonyl (C=O) groups excluding carboxylic acids is 1. The molecule has 1 amide bonds. The Hall–Kier alpha value is -1.42. The number of piperidine rings is 1. The van der Waals surface area contributed by atoms with Gasteiger partial charge >= 0.3 is 0 Å². The molecule has 1 aromatic rings. The van der Waals surface area contributed by atoms with E-state index in [2.05, 4.69) is 16.4 Å². The molecule has 0 saturated carbocycles. The number of nitrogens with zero attached hydrogens (tertiary/aromatic N) is 2. The van der Waals surface area contributed by atoms with Crippen LogP contribution in [0.5, 0.6) is 0 Å². The third kappa shape index (κ3) is 4.04. The van der Waals surface area contributed by atoms with Crippen LogP contribution in [0, 0.1) is 5.41 Å². The molecule has 2 heterocycles. The Kier molecular flexibility index (Phi) is 4.76. The fourth-order valence-electron chi connectivity index (χ4n) is 2.53. The highest BCUT2D eigenvalue weighted by Crippen LogP contribution is 2.21. The van der Waals surface area contributed by atoms with Crippen LogP contribution in [-0.4, -0.2) is 34.9 Å². The third-order valence-electron chi connectivity index (χ3n) is 3.74. The summed E-state index contributed by atoms with van der Waals surface area (Å²) in [5, 5.41) is 3.56. The molecule has 1 aromatic heterocycles. The van der Waals surface area contributed by atoms with Crippen molar-refractivity contribution in [1.82, 2.24) is 15.2 Å². The first-order valence-corrected chi connectivity index (χ1v) is 7.38. The van der Waals surface area contributed by atoms with Crippen molar-refractivity contribution in [3.8, 4) is 0 Å². The first-order valence-electron chi connectivity index (χ1n) is 7.38. The van der Waals surface area contributed by atoms with Crippen LogP contribution in [0.25, 0.3) is 0 Å². The molecule has 0 spiro atoms. The molecule has 20 heavy (non-hydrogen) atoms. The summed E-state index contributed by atoms with van der Waals surface area (Å²) in [5.74, 6) is 0.267. The van der Waals surface area contributed by atoms with E-state index in [0.29, 0.717) is 6.04 Å². The van der Waals surface area contributed by atoms with Gasteiger partial charge in [0.05, 0.1) is 0 Å². The summed E-state index contributed by atoms with van der Waals surface area (Å²) >= 11 is 0. The lowest BCUT2D eigenvalue weighted by Gasteiger charge is -2.36. The Bertz CT molecular complexity index is 431. The molecule has 4 nitrogen and oxygen atoms in total. The number of nitrogens with one attached hydrogen (secondary N) is 1. The summed E-state index contributed by atoms with van der Waals surface area (Å²) in [6.07, 6.45) is 5.75. The lowest BCUT2D eigenvalue weighted by atomic mass is 9.93. The molecule has 0 aliphatic carbocycles. The maximum Gasteiger partial charge on any atom is 0.227 e. The van der Waals surface area contributed by atoms with Crippen molar-refractivity contribution in [2.24, 2.45) is 5.41 Å². The topological polar surface area (TPSA) is 45.2 Å². The molecule has 2 rings (SSSR count). The maximum atomic E-state index is 12.2. The highest BCUT2D eigenvalue weighted by Gasteiger charge is 2.30. The molecule has 1 saturated heterocycles. The highest BCUT2D eigenvalue weighted by atomic mass is 16.2. The van der Waals surface area contributed by atoms with Crippen LogP contribution < -0.4 is 5.32 Å². The van der Waals surface area contributed by atoms with Crippen molar-refractivity contribution in [3.05, 3.63) is 30.1 Å². The van der Waals surface area contributed by atoms with Crippen LogP contribution in [0.15, 0.2) is 24.5 Å². The Morgan fingerprint density at radius 2 is 2.10 bits per heavy atom. The summed E-state index contributed by atoms with van der Waals surface area (Å²) in [4.78, 5) is 18.3. The molecule has 0 radical (unpaired) electrons. The summed E-state index contributed by atoms with van der Waals surface area (Å²) in [6, 6.07) is 4.54. The third-order valence-corrected chi connectivity index (χ3v) is 3.74. The van der Waals surface area contributed by atoms with Gasteiger partial charge in [-0.05, 0) is 24.5 Å². The first-order chi connectivity index (χ1) is 9.47. The Morgan fingerprint density at radius 1 is 1.40 bits per heavy atom. The van der Waals surface area contributed by atoms with E-state index in [-0.39, 0.29) is 11.3 Å². The minimum atomic E-state index is -0.268. The van der Waals surface area contributed by atoms with Crippen LogP contribution in [0.4, 0.5) is 0 Å². The molecule has 0 aromatic carbocycles. The van der Waals surface area contributed by atoms with E-state index in [0.717, 1.165) is 32.5 Å². The lowest BCUT2D eigenvalue weighted by Crippen LogP contribution is -2.48. The van der Waals surface area contributed by atoms with Gasteiger partial charge in [0.25, 0.3) is 0 Å². The predicted molar refractivity (Wildman–Crippen MR) is 80.1 cm³/mol. The number of pyridine rings is 1. The summed E-state index contributed by atoms with van der Waals surface area (Å²) in [5.41, 5.74) is 0.941. The van der Waals surface area contributed by atoms with E-state index >= 15 is 0 Å². The molecule has 0 unspecified atom stereocenters. The SMILES string of the molecule is CC(C)(C)C(=O)N1CCC(NCc2cccnc2)CC1. The molecule has 1 aliphatic rings. The van der Waals surface area contributed by atoms with Crippen molar-refractivity contribution in [3.63, 3.8) is 0 Å². The second-order valence-corrected chi connectivity index (χ2v) is 6.56. The second-order valence-electron chi connectivity index (χ2n) is 6.56.